The Morgan fingerprint density at radius 3 is 2.77 bits per heavy atom. The second-order valence-corrected chi connectivity index (χ2v) is 7.56. The first-order chi connectivity index (χ1) is 14.4. The molecule has 30 heavy (non-hydrogen) atoms. The molecule has 2 aromatic heterocycles. The van der Waals surface area contributed by atoms with Crippen molar-refractivity contribution in [1.82, 2.24) is 20.1 Å². The number of amides is 2. The van der Waals surface area contributed by atoms with Gasteiger partial charge < -0.3 is 15.4 Å². The summed E-state index contributed by atoms with van der Waals surface area (Å²) < 4.78 is 7.23. The molecular formula is C22H25N5O3. The number of benzene rings is 1. The van der Waals surface area contributed by atoms with Crippen molar-refractivity contribution in [2.75, 3.05) is 18.5 Å². The zero-order chi connectivity index (χ0) is 21.3. The minimum Gasteiger partial charge on any atom is -0.376 e. The Bertz CT molecular complexity index is 1120. The van der Waals surface area contributed by atoms with E-state index in [-0.39, 0.29) is 17.9 Å². The number of nitrogens with zero attached hydrogens (tertiary/aromatic N) is 3. The highest BCUT2D eigenvalue weighted by Gasteiger charge is 2.21. The van der Waals surface area contributed by atoms with E-state index in [0.29, 0.717) is 34.4 Å². The highest BCUT2D eigenvalue weighted by Crippen LogP contribution is 2.24. The summed E-state index contributed by atoms with van der Waals surface area (Å²) in [6.07, 6.45) is 2.01. The maximum absolute atomic E-state index is 13.2. The molecule has 2 amide bonds. The van der Waals surface area contributed by atoms with E-state index < -0.39 is 0 Å². The van der Waals surface area contributed by atoms with Crippen LogP contribution in [0.15, 0.2) is 30.3 Å². The van der Waals surface area contributed by atoms with E-state index in [9.17, 15) is 9.59 Å². The zero-order valence-corrected chi connectivity index (χ0v) is 17.4. The van der Waals surface area contributed by atoms with Crippen molar-refractivity contribution < 1.29 is 14.3 Å². The van der Waals surface area contributed by atoms with Gasteiger partial charge in [-0.3, -0.25) is 14.3 Å². The van der Waals surface area contributed by atoms with Crippen LogP contribution in [0.4, 0.5) is 5.69 Å². The van der Waals surface area contributed by atoms with Crippen molar-refractivity contribution in [3.63, 3.8) is 0 Å². The van der Waals surface area contributed by atoms with E-state index in [0.717, 1.165) is 30.8 Å². The fraction of sp³-hybridized carbons (Fsp3) is 0.364. The van der Waals surface area contributed by atoms with Crippen molar-refractivity contribution in [3.8, 4) is 0 Å². The quantitative estimate of drug-likeness (QED) is 0.678. The Labute approximate surface area is 174 Å². The Hall–Kier alpha value is -3.26. The summed E-state index contributed by atoms with van der Waals surface area (Å²) >= 11 is 0. The van der Waals surface area contributed by atoms with Crippen molar-refractivity contribution in [2.24, 2.45) is 7.05 Å². The smallest absolute Gasteiger partial charge is 0.256 e. The molecule has 0 spiro atoms. The fourth-order valence-electron chi connectivity index (χ4n) is 3.84. The molecule has 3 aromatic rings. The van der Waals surface area contributed by atoms with Crippen LogP contribution in [0.5, 0.6) is 0 Å². The SMILES string of the molecule is Cc1cc(C(=O)Nc2ccccc2C(=O)NCC2CCCO2)c2c(C)nn(C)c2n1. The number of hydrogen-bond donors (Lipinski definition) is 2. The van der Waals surface area contributed by atoms with Crippen molar-refractivity contribution in [3.05, 3.63) is 52.8 Å². The first-order valence-corrected chi connectivity index (χ1v) is 10.0. The van der Waals surface area contributed by atoms with Crippen LogP contribution in [-0.2, 0) is 11.8 Å². The van der Waals surface area contributed by atoms with Gasteiger partial charge in [-0.15, -0.1) is 0 Å². The number of aromatic nitrogens is 3. The number of ether oxygens (including phenoxy) is 1. The predicted molar refractivity (Wildman–Crippen MR) is 114 cm³/mol. The maximum Gasteiger partial charge on any atom is 0.256 e. The first-order valence-electron chi connectivity index (χ1n) is 10.0. The molecule has 1 aliphatic heterocycles. The minimum absolute atomic E-state index is 0.0531. The van der Waals surface area contributed by atoms with Gasteiger partial charge in [-0.25, -0.2) is 4.98 Å². The van der Waals surface area contributed by atoms with Crippen LogP contribution in [0.25, 0.3) is 11.0 Å². The molecule has 0 radical (unpaired) electrons. The summed E-state index contributed by atoms with van der Waals surface area (Å²) in [5.74, 6) is -0.545. The van der Waals surface area contributed by atoms with Gasteiger partial charge in [0.25, 0.3) is 11.8 Å². The van der Waals surface area contributed by atoms with Gasteiger partial charge in [-0.1, -0.05) is 12.1 Å². The fourth-order valence-corrected chi connectivity index (χ4v) is 3.84. The number of aryl methyl sites for hydroxylation is 3. The summed E-state index contributed by atoms with van der Waals surface area (Å²) in [7, 11) is 1.80. The topological polar surface area (TPSA) is 98.1 Å². The van der Waals surface area contributed by atoms with Crippen LogP contribution < -0.4 is 10.6 Å². The molecule has 8 heteroatoms. The summed E-state index contributed by atoms with van der Waals surface area (Å²) in [6, 6.07) is 8.72. The Morgan fingerprint density at radius 2 is 2.00 bits per heavy atom. The second-order valence-electron chi connectivity index (χ2n) is 7.56. The lowest BCUT2D eigenvalue weighted by Crippen LogP contribution is -2.32. The number of hydrogen-bond acceptors (Lipinski definition) is 5. The van der Waals surface area contributed by atoms with Gasteiger partial charge in [-0.2, -0.15) is 5.10 Å². The summed E-state index contributed by atoms with van der Waals surface area (Å²) in [5, 5.41) is 10.9. The molecule has 4 rings (SSSR count). The average Bonchev–Trinajstić information content (AvgIpc) is 3.34. The molecule has 8 nitrogen and oxygen atoms in total. The normalized spacial score (nSPS) is 16.0. The summed E-state index contributed by atoms with van der Waals surface area (Å²) in [6.45, 7) is 4.88. The number of carbonyl (C=O) groups excluding carboxylic acids is 2. The van der Waals surface area contributed by atoms with Gasteiger partial charge in [0.05, 0.1) is 34.0 Å². The van der Waals surface area contributed by atoms with Crippen molar-refractivity contribution >= 4 is 28.5 Å². The van der Waals surface area contributed by atoms with Gasteiger partial charge in [0.15, 0.2) is 5.65 Å². The number of pyridine rings is 1. The minimum atomic E-state index is -0.305. The number of anilines is 1. The molecule has 0 bridgehead atoms. The van der Waals surface area contributed by atoms with E-state index in [4.69, 9.17) is 4.74 Å². The lowest BCUT2D eigenvalue weighted by Gasteiger charge is -2.14. The standard InChI is InChI=1S/C22H25N5O3/c1-13-11-17(19-14(2)26-27(3)20(19)24-13)22(29)25-18-9-5-4-8-16(18)21(28)23-12-15-7-6-10-30-15/h4-5,8-9,11,15H,6-7,10,12H2,1-3H3,(H,23,28)(H,25,29). The van der Waals surface area contributed by atoms with Gasteiger partial charge >= 0.3 is 0 Å². The molecule has 0 aliphatic carbocycles. The molecule has 1 aromatic carbocycles. The molecule has 2 N–H and O–H groups in total. The van der Waals surface area contributed by atoms with E-state index >= 15 is 0 Å². The van der Waals surface area contributed by atoms with E-state index in [2.05, 4.69) is 20.7 Å². The molecule has 1 fully saturated rings. The van der Waals surface area contributed by atoms with Gasteiger partial charge in [0.2, 0.25) is 0 Å². The predicted octanol–water partition coefficient (Wildman–Crippen LogP) is 2.75. The lowest BCUT2D eigenvalue weighted by molar-refractivity contribution is 0.0858. The summed E-state index contributed by atoms with van der Waals surface area (Å²) in [5.41, 5.74) is 3.45. The Morgan fingerprint density at radius 1 is 1.20 bits per heavy atom. The molecule has 1 unspecified atom stereocenters. The van der Waals surface area contributed by atoms with Crippen LogP contribution in [0, 0.1) is 13.8 Å². The number of nitrogens with one attached hydrogen (secondary N) is 2. The number of para-hydroxylation sites is 1. The van der Waals surface area contributed by atoms with E-state index in [1.54, 1.807) is 42.1 Å². The molecule has 0 saturated carbocycles. The zero-order valence-electron chi connectivity index (χ0n) is 17.4. The van der Waals surface area contributed by atoms with Crippen LogP contribution in [-0.4, -0.2) is 45.8 Å². The third-order valence-corrected chi connectivity index (χ3v) is 5.28. The monoisotopic (exact) mass is 407 g/mol. The van der Waals surface area contributed by atoms with E-state index in [1.807, 2.05) is 13.8 Å². The van der Waals surface area contributed by atoms with Gasteiger partial charge in [-0.05, 0) is 44.9 Å². The van der Waals surface area contributed by atoms with Gasteiger partial charge in [0, 0.05) is 25.9 Å². The first kappa shape index (κ1) is 20.0. The van der Waals surface area contributed by atoms with Crippen LogP contribution in [0.3, 0.4) is 0 Å². The molecular weight excluding hydrogens is 382 g/mol. The highest BCUT2D eigenvalue weighted by atomic mass is 16.5. The third kappa shape index (κ3) is 3.91. The highest BCUT2D eigenvalue weighted by molar-refractivity contribution is 6.14. The molecule has 3 heterocycles. The van der Waals surface area contributed by atoms with Crippen LogP contribution in [0.2, 0.25) is 0 Å². The summed E-state index contributed by atoms with van der Waals surface area (Å²) in [4.78, 5) is 30.4. The van der Waals surface area contributed by atoms with Gasteiger partial charge in [0.1, 0.15) is 0 Å². The second kappa shape index (κ2) is 8.23. The van der Waals surface area contributed by atoms with Crippen LogP contribution >= 0.6 is 0 Å². The van der Waals surface area contributed by atoms with E-state index in [1.165, 1.54) is 0 Å². The largest absolute Gasteiger partial charge is 0.376 e. The molecule has 1 saturated heterocycles. The molecule has 1 aliphatic rings. The number of rotatable bonds is 5. The van der Waals surface area contributed by atoms with Crippen LogP contribution in [0.1, 0.15) is 44.9 Å². The Kier molecular flexibility index (Phi) is 5.50. The van der Waals surface area contributed by atoms with Crippen molar-refractivity contribution in [2.45, 2.75) is 32.8 Å². The maximum atomic E-state index is 13.2. The lowest BCUT2D eigenvalue weighted by atomic mass is 10.1. The average molecular weight is 407 g/mol. The molecule has 1 atom stereocenters. The number of fused-ring (bicyclic) bond motifs is 1. The third-order valence-electron chi connectivity index (χ3n) is 5.28. The Balaban J connectivity index is 1.59. The number of carbonyl (C=O) groups is 2. The molecule has 156 valence electrons. The van der Waals surface area contributed by atoms with Crippen molar-refractivity contribution in [1.29, 1.82) is 0 Å².